The molecule has 14 nitrogen and oxygen atoms in total. The van der Waals surface area contributed by atoms with Crippen molar-refractivity contribution in [3.63, 3.8) is 0 Å². The van der Waals surface area contributed by atoms with Crippen LogP contribution < -0.4 is 10.2 Å². The number of carbonyl (C=O) groups excluding carboxylic acids is 2. The molecule has 372 valence electrons. The molecule has 0 unspecified atom stereocenters. The monoisotopic (exact) mass is 978 g/mol. The highest BCUT2D eigenvalue weighted by Gasteiger charge is 2.32. The fourth-order valence-electron chi connectivity index (χ4n) is 8.23. The van der Waals surface area contributed by atoms with Crippen LogP contribution >= 0.6 is 22.7 Å². The number of amides is 2. The second kappa shape index (κ2) is 20.0. The molecule has 5 aromatic rings. The van der Waals surface area contributed by atoms with Crippen LogP contribution in [0.1, 0.15) is 174 Å². The fraction of sp³-hybridized carbons (Fsp3) is 0.604. The molecule has 69 heavy (non-hydrogen) atoms. The van der Waals surface area contributed by atoms with Crippen molar-refractivity contribution in [1.82, 2.24) is 44.7 Å². The number of thiazole rings is 2. The Morgan fingerprint density at radius 1 is 0.623 bits per heavy atom. The summed E-state index contributed by atoms with van der Waals surface area (Å²) in [7, 11) is 0. The summed E-state index contributed by atoms with van der Waals surface area (Å²) in [6, 6.07) is 8.08. The first-order valence-electron chi connectivity index (χ1n) is 24.5. The van der Waals surface area contributed by atoms with E-state index in [1.807, 2.05) is 47.6 Å². The van der Waals surface area contributed by atoms with Gasteiger partial charge in [-0.2, -0.15) is 0 Å². The number of hydrogen-bond acceptors (Lipinski definition) is 14. The quantitative estimate of drug-likeness (QED) is 0.172. The van der Waals surface area contributed by atoms with Gasteiger partial charge in [0, 0.05) is 76.6 Å². The number of piperidine rings is 2. The summed E-state index contributed by atoms with van der Waals surface area (Å²) in [4.78, 5) is 65.2. The van der Waals surface area contributed by atoms with E-state index in [2.05, 4.69) is 116 Å². The van der Waals surface area contributed by atoms with Crippen LogP contribution in [0, 0.1) is 0 Å². The molecule has 2 amide bonds. The van der Waals surface area contributed by atoms with Crippen LogP contribution in [0.4, 0.5) is 16.3 Å². The zero-order valence-electron chi connectivity index (χ0n) is 43.8. The summed E-state index contributed by atoms with van der Waals surface area (Å²) in [5, 5.41) is 9.79. The van der Waals surface area contributed by atoms with E-state index < -0.39 is 5.60 Å². The number of aromatic nitrogens is 7. The maximum absolute atomic E-state index is 13.0. The van der Waals surface area contributed by atoms with Crippen LogP contribution in [0.5, 0.6) is 0 Å². The molecule has 0 radical (unpaired) electrons. The van der Waals surface area contributed by atoms with E-state index in [9.17, 15) is 9.59 Å². The van der Waals surface area contributed by atoms with Crippen LogP contribution in [0.25, 0.3) is 22.8 Å². The molecular formula is C53H75N11O3S2. The summed E-state index contributed by atoms with van der Waals surface area (Å²) >= 11 is 3.40. The molecule has 0 saturated carbocycles. The standard InChI is InChI=1S/C28H37N7OS.C25H38N4O2S/c1-27(2,3)22-14-20(32-26(33-22)28(4,5)6)21-16-37-25(31-21)18-9-12-34(13-10-18)23(36)15-35-17-30-19-8-7-11-29-24(19)35;1-23(2,3)19-14-17(27-21(28-19)24(4,5)6)18-15-32-20(26-18)16-10-12-29(13-11-16)22(30)31-25(7,8)9/h7-8,11,14,16,18,30H,9-10,12-13,15,17H2,1-6H3;14-16H,10-13H2,1-9H3. The molecule has 0 atom stereocenters. The fourth-order valence-corrected chi connectivity index (χ4v) is 10.2. The molecule has 8 rings (SSSR count). The molecule has 2 saturated heterocycles. The van der Waals surface area contributed by atoms with E-state index in [1.165, 1.54) is 0 Å². The first-order chi connectivity index (χ1) is 32.1. The molecule has 16 heteroatoms. The number of likely N-dealkylation sites (tertiary alicyclic amines) is 2. The lowest BCUT2D eigenvalue weighted by Gasteiger charge is -2.32. The number of carbonyl (C=O) groups is 2. The van der Waals surface area contributed by atoms with Gasteiger partial charge in [-0.05, 0) is 70.7 Å². The molecule has 8 heterocycles. The summed E-state index contributed by atoms with van der Waals surface area (Å²) in [5.41, 5.74) is 5.81. The third kappa shape index (κ3) is 13.0. The van der Waals surface area contributed by atoms with Gasteiger partial charge < -0.3 is 24.8 Å². The SMILES string of the molecule is CC(C)(C)OC(=O)N1CCC(c2nc(-c3cc(C(C)(C)C)nc(C(C)(C)C)n3)cs2)CC1.CC(C)(C)c1cc(-c2csc(C3CCN(C(=O)CN4CNc5cccnc54)CC3)n2)nc(C(C)(C)C)n1. The Morgan fingerprint density at radius 2 is 1.09 bits per heavy atom. The van der Waals surface area contributed by atoms with E-state index in [-0.39, 0.29) is 33.7 Å². The smallest absolute Gasteiger partial charge is 0.410 e. The van der Waals surface area contributed by atoms with Crippen molar-refractivity contribution in [2.24, 2.45) is 0 Å². The Labute approximate surface area is 418 Å². The number of nitrogens with one attached hydrogen (secondary N) is 1. The van der Waals surface area contributed by atoms with Crippen molar-refractivity contribution < 1.29 is 14.3 Å². The number of nitrogens with zero attached hydrogens (tertiary/aromatic N) is 10. The average molecular weight is 978 g/mol. The van der Waals surface area contributed by atoms with Gasteiger partial charge in [-0.1, -0.05) is 83.1 Å². The summed E-state index contributed by atoms with van der Waals surface area (Å²) in [5.74, 6) is 3.43. The molecule has 0 aromatic carbocycles. The van der Waals surface area contributed by atoms with Crippen LogP contribution in [0.2, 0.25) is 0 Å². The largest absolute Gasteiger partial charge is 0.444 e. The second-order valence-corrected chi connectivity index (χ2v) is 25.6. The molecule has 5 aromatic heterocycles. The lowest BCUT2D eigenvalue weighted by molar-refractivity contribution is -0.130. The number of rotatable bonds is 6. The summed E-state index contributed by atoms with van der Waals surface area (Å²) < 4.78 is 5.52. The minimum Gasteiger partial charge on any atom is -0.444 e. The molecular weight excluding hydrogens is 903 g/mol. The number of anilines is 2. The Bertz CT molecular complexity index is 2530. The normalized spacial score (nSPS) is 16.5. The lowest BCUT2D eigenvalue weighted by Crippen LogP contribution is -2.44. The van der Waals surface area contributed by atoms with Crippen LogP contribution in [-0.4, -0.2) is 102 Å². The van der Waals surface area contributed by atoms with E-state index in [1.54, 1.807) is 28.9 Å². The van der Waals surface area contributed by atoms with Crippen molar-refractivity contribution in [3.05, 3.63) is 74.3 Å². The average Bonchev–Trinajstić information content (AvgIpc) is 4.06. The highest BCUT2D eigenvalue weighted by Crippen LogP contribution is 2.37. The van der Waals surface area contributed by atoms with Gasteiger partial charge in [0.25, 0.3) is 0 Å². The van der Waals surface area contributed by atoms with Crippen LogP contribution in [0.15, 0.2) is 41.2 Å². The van der Waals surface area contributed by atoms with Crippen LogP contribution in [0.3, 0.4) is 0 Å². The number of hydrogen-bond donors (Lipinski definition) is 1. The van der Waals surface area contributed by atoms with E-state index in [4.69, 9.17) is 34.6 Å². The Kier molecular flexibility index (Phi) is 15.0. The van der Waals surface area contributed by atoms with Crippen molar-refractivity contribution in [1.29, 1.82) is 0 Å². The third-order valence-corrected chi connectivity index (χ3v) is 14.5. The van der Waals surface area contributed by atoms with Crippen molar-refractivity contribution in [2.45, 2.75) is 169 Å². The molecule has 3 aliphatic rings. The topological polar surface area (TPSA) is 155 Å². The van der Waals surface area contributed by atoms with Gasteiger partial charge >= 0.3 is 6.09 Å². The van der Waals surface area contributed by atoms with Crippen molar-refractivity contribution >= 4 is 46.2 Å². The lowest BCUT2D eigenvalue weighted by atomic mass is 9.89. The predicted octanol–water partition coefficient (Wildman–Crippen LogP) is 11.5. The van der Waals surface area contributed by atoms with E-state index >= 15 is 0 Å². The summed E-state index contributed by atoms with van der Waals surface area (Å²) in [6.45, 7) is 35.5. The third-order valence-electron chi connectivity index (χ3n) is 12.5. The zero-order valence-corrected chi connectivity index (χ0v) is 45.4. The molecule has 0 spiro atoms. The molecule has 0 aliphatic carbocycles. The summed E-state index contributed by atoms with van der Waals surface area (Å²) in [6.07, 6.45) is 5.20. The predicted molar refractivity (Wildman–Crippen MR) is 279 cm³/mol. The zero-order chi connectivity index (χ0) is 50.3. The molecule has 1 N–H and O–H groups in total. The maximum atomic E-state index is 13.0. The van der Waals surface area contributed by atoms with Crippen LogP contribution in [-0.2, 0) is 31.2 Å². The van der Waals surface area contributed by atoms with Gasteiger partial charge in [0.2, 0.25) is 5.91 Å². The minimum atomic E-state index is -0.465. The second-order valence-electron chi connectivity index (χ2n) is 23.9. The Morgan fingerprint density at radius 3 is 1.52 bits per heavy atom. The Balaban J connectivity index is 0.000000206. The molecule has 0 bridgehead atoms. The number of ether oxygens (including phenoxy) is 1. The molecule has 3 aliphatic heterocycles. The van der Waals surface area contributed by atoms with Gasteiger partial charge in [0.05, 0.1) is 56.5 Å². The molecule has 2 fully saturated rings. The van der Waals surface area contributed by atoms with Crippen molar-refractivity contribution in [3.8, 4) is 22.8 Å². The van der Waals surface area contributed by atoms with E-state index in [0.29, 0.717) is 38.1 Å². The Hall–Kier alpha value is -5.09. The van der Waals surface area contributed by atoms with Crippen molar-refractivity contribution in [2.75, 3.05) is 49.6 Å². The van der Waals surface area contributed by atoms with Gasteiger partial charge in [0.15, 0.2) is 5.82 Å². The van der Waals surface area contributed by atoms with E-state index in [0.717, 1.165) is 106 Å². The van der Waals surface area contributed by atoms with Gasteiger partial charge in [-0.3, -0.25) is 4.79 Å². The number of pyridine rings is 1. The van der Waals surface area contributed by atoms with Gasteiger partial charge in [0.1, 0.15) is 23.8 Å². The number of fused-ring (bicyclic) bond motifs is 1. The highest BCUT2D eigenvalue weighted by molar-refractivity contribution is 7.10. The van der Waals surface area contributed by atoms with Gasteiger partial charge in [-0.15, -0.1) is 22.7 Å². The van der Waals surface area contributed by atoms with Gasteiger partial charge in [-0.25, -0.2) is 39.7 Å². The maximum Gasteiger partial charge on any atom is 0.410 e. The highest BCUT2D eigenvalue weighted by atomic mass is 32.1. The minimum absolute atomic E-state index is 0.0645. The first-order valence-corrected chi connectivity index (χ1v) is 26.3. The first kappa shape index (κ1) is 51.8.